The van der Waals surface area contributed by atoms with Crippen molar-refractivity contribution >= 4 is 11.7 Å². The largest absolute Gasteiger partial charge is 0.390 e. The van der Waals surface area contributed by atoms with Crippen LogP contribution in [0.15, 0.2) is 53.7 Å². The van der Waals surface area contributed by atoms with Gasteiger partial charge in [0.05, 0.1) is 12.3 Å². The van der Waals surface area contributed by atoms with Crippen molar-refractivity contribution in [3.8, 4) is 0 Å². The molecular formula is C22H26FN3O2. The number of rotatable bonds is 6. The molecular weight excluding hydrogens is 357 g/mol. The first-order valence-corrected chi connectivity index (χ1v) is 9.50. The van der Waals surface area contributed by atoms with E-state index < -0.39 is 0 Å². The van der Waals surface area contributed by atoms with Gasteiger partial charge in [0, 0.05) is 19.0 Å². The fourth-order valence-corrected chi connectivity index (χ4v) is 3.10. The van der Waals surface area contributed by atoms with E-state index in [-0.39, 0.29) is 24.0 Å². The highest BCUT2D eigenvalue weighted by Crippen LogP contribution is 2.19. The molecule has 0 saturated heterocycles. The molecule has 2 aromatic carbocycles. The van der Waals surface area contributed by atoms with Crippen molar-refractivity contribution in [3.05, 3.63) is 71.0 Å². The third kappa shape index (κ3) is 5.31. The maximum Gasteiger partial charge on any atom is 0.318 e. The van der Waals surface area contributed by atoms with E-state index in [0.717, 1.165) is 16.8 Å². The van der Waals surface area contributed by atoms with Crippen molar-refractivity contribution in [1.82, 2.24) is 10.2 Å². The maximum atomic E-state index is 13.5. The average molecular weight is 383 g/mol. The molecule has 0 unspecified atom stereocenters. The van der Waals surface area contributed by atoms with E-state index in [9.17, 15) is 9.18 Å². The normalized spacial score (nSPS) is 15.9. The fraction of sp³-hybridized carbons (Fsp3) is 0.364. The van der Waals surface area contributed by atoms with Crippen LogP contribution in [-0.4, -0.2) is 35.3 Å². The Kier molecular flexibility index (Phi) is 6.29. The lowest BCUT2D eigenvalue weighted by molar-refractivity contribution is 0.0586. The van der Waals surface area contributed by atoms with E-state index in [1.54, 1.807) is 11.0 Å². The van der Waals surface area contributed by atoms with Gasteiger partial charge >= 0.3 is 6.03 Å². The third-order valence-electron chi connectivity index (χ3n) is 4.50. The minimum atomic E-state index is -0.316. The second-order valence-electron chi connectivity index (χ2n) is 7.45. The van der Waals surface area contributed by atoms with Crippen LogP contribution in [0.5, 0.6) is 0 Å². The van der Waals surface area contributed by atoms with Gasteiger partial charge in [0.15, 0.2) is 6.10 Å². The van der Waals surface area contributed by atoms with Crippen LogP contribution in [0.1, 0.15) is 37.0 Å². The van der Waals surface area contributed by atoms with Gasteiger partial charge in [0.25, 0.3) is 0 Å². The summed E-state index contributed by atoms with van der Waals surface area (Å²) in [6.07, 6.45) is 0.389. The summed E-state index contributed by atoms with van der Waals surface area (Å²) in [5, 5.41) is 7.11. The van der Waals surface area contributed by atoms with Gasteiger partial charge in [-0.25, -0.2) is 9.18 Å². The summed E-state index contributed by atoms with van der Waals surface area (Å²) >= 11 is 0. The zero-order valence-corrected chi connectivity index (χ0v) is 16.5. The van der Waals surface area contributed by atoms with E-state index in [2.05, 4.69) is 10.5 Å². The molecule has 0 aromatic heterocycles. The summed E-state index contributed by atoms with van der Waals surface area (Å²) in [4.78, 5) is 19.9. The summed E-state index contributed by atoms with van der Waals surface area (Å²) in [6.45, 7) is 6.52. The minimum absolute atomic E-state index is 0.00590. The highest BCUT2D eigenvalue weighted by Gasteiger charge is 2.27. The van der Waals surface area contributed by atoms with Gasteiger partial charge < -0.3 is 15.1 Å². The molecule has 5 nitrogen and oxygen atoms in total. The smallest absolute Gasteiger partial charge is 0.318 e. The molecule has 6 heteroatoms. The highest BCUT2D eigenvalue weighted by molar-refractivity contribution is 6.01. The Morgan fingerprint density at radius 3 is 2.71 bits per heavy atom. The van der Waals surface area contributed by atoms with Crippen LogP contribution in [-0.2, 0) is 11.4 Å². The van der Waals surface area contributed by atoms with E-state index in [1.807, 2.05) is 51.1 Å². The lowest BCUT2D eigenvalue weighted by atomic mass is 10.0. The van der Waals surface area contributed by atoms with Gasteiger partial charge in [0.2, 0.25) is 0 Å². The molecule has 2 amide bonds. The number of aryl methyl sites for hydroxylation is 1. The quantitative estimate of drug-likeness (QED) is 0.811. The van der Waals surface area contributed by atoms with Crippen LogP contribution in [0.4, 0.5) is 9.18 Å². The van der Waals surface area contributed by atoms with Crippen LogP contribution >= 0.6 is 0 Å². The summed E-state index contributed by atoms with van der Waals surface area (Å²) in [5.74, 6) is -0.316. The molecule has 1 aliphatic rings. The molecule has 1 aliphatic heterocycles. The Morgan fingerprint density at radius 1 is 1.29 bits per heavy atom. The molecule has 1 atom stereocenters. The molecule has 0 aliphatic carbocycles. The van der Waals surface area contributed by atoms with Crippen molar-refractivity contribution in [2.75, 3.05) is 6.54 Å². The van der Waals surface area contributed by atoms with E-state index in [4.69, 9.17) is 4.84 Å². The Bertz CT molecular complexity index is 849. The van der Waals surface area contributed by atoms with Gasteiger partial charge in [-0.2, -0.15) is 0 Å². The predicted molar refractivity (Wildman–Crippen MR) is 108 cm³/mol. The van der Waals surface area contributed by atoms with Crippen molar-refractivity contribution in [2.45, 2.75) is 45.9 Å². The molecule has 0 bridgehead atoms. The minimum Gasteiger partial charge on any atom is -0.390 e. The summed E-state index contributed by atoms with van der Waals surface area (Å²) in [7, 11) is 0. The summed E-state index contributed by atoms with van der Waals surface area (Å²) in [5.41, 5.74) is 3.82. The number of benzene rings is 2. The molecule has 3 rings (SSSR count). The van der Waals surface area contributed by atoms with Crippen molar-refractivity contribution < 1.29 is 14.0 Å². The van der Waals surface area contributed by atoms with E-state index in [0.29, 0.717) is 19.5 Å². The summed E-state index contributed by atoms with van der Waals surface area (Å²) < 4.78 is 13.5. The maximum absolute atomic E-state index is 13.5. The van der Waals surface area contributed by atoms with Crippen molar-refractivity contribution in [1.29, 1.82) is 0 Å². The Hall–Kier alpha value is -2.89. The highest BCUT2D eigenvalue weighted by atomic mass is 19.1. The SMILES string of the molecule is Cc1ccc(C2=NO[C@@H](CN(Cc3cccc(F)c3)C(=O)NC(C)C)C2)cc1. The molecule has 148 valence electrons. The van der Waals surface area contributed by atoms with Crippen LogP contribution in [0, 0.1) is 12.7 Å². The van der Waals surface area contributed by atoms with Crippen LogP contribution in [0.3, 0.4) is 0 Å². The number of nitrogens with zero attached hydrogens (tertiary/aromatic N) is 2. The second kappa shape index (κ2) is 8.87. The van der Waals surface area contributed by atoms with Crippen LogP contribution in [0.25, 0.3) is 0 Å². The third-order valence-corrected chi connectivity index (χ3v) is 4.50. The number of carbonyl (C=O) groups excluding carboxylic acids is 1. The molecule has 0 radical (unpaired) electrons. The standard InChI is InChI=1S/C22H26FN3O2/c1-15(2)24-22(27)26(13-17-5-4-6-19(23)11-17)14-20-12-21(25-28-20)18-9-7-16(3)8-10-18/h4-11,15,20H,12-14H2,1-3H3,(H,24,27)/t20-/m1/s1. The van der Waals surface area contributed by atoms with Crippen molar-refractivity contribution in [3.63, 3.8) is 0 Å². The molecule has 1 N–H and O–H groups in total. The first kappa shape index (κ1) is 19.9. The van der Waals surface area contributed by atoms with E-state index >= 15 is 0 Å². The lowest BCUT2D eigenvalue weighted by Crippen LogP contribution is -2.45. The average Bonchev–Trinajstić information content (AvgIpc) is 3.10. The van der Waals surface area contributed by atoms with E-state index in [1.165, 1.54) is 17.7 Å². The molecule has 0 fully saturated rings. The van der Waals surface area contributed by atoms with Gasteiger partial charge in [-0.3, -0.25) is 0 Å². The Labute approximate surface area is 165 Å². The zero-order chi connectivity index (χ0) is 20.1. The molecule has 28 heavy (non-hydrogen) atoms. The van der Waals surface area contributed by atoms with Gasteiger partial charge in [0.1, 0.15) is 5.82 Å². The Morgan fingerprint density at radius 2 is 2.04 bits per heavy atom. The van der Waals surface area contributed by atoms with Gasteiger partial charge in [-0.1, -0.05) is 47.1 Å². The second-order valence-corrected chi connectivity index (χ2v) is 7.45. The monoisotopic (exact) mass is 383 g/mol. The number of hydrogen-bond donors (Lipinski definition) is 1. The summed E-state index contributed by atoms with van der Waals surface area (Å²) in [6, 6.07) is 14.2. The predicted octanol–water partition coefficient (Wildman–Crippen LogP) is 4.25. The number of urea groups is 1. The number of carbonyl (C=O) groups is 1. The first-order chi connectivity index (χ1) is 13.4. The van der Waals surface area contributed by atoms with Crippen LogP contribution in [0.2, 0.25) is 0 Å². The van der Waals surface area contributed by atoms with Gasteiger partial charge in [-0.05, 0) is 44.0 Å². The lowest BCUT2D eigenvalue weighted by Gasteiger charge is -2.26. The molecule has 0 saturated carbocycles. The first-order valence-electron chi connectivity index (χ1n) is 9.50. The fourth-order valence-electron chi connectivity index (χ4n) is 3.10. The number of hydrogen-bond acceptors (Lipinski definition) is 3. The topological polar surface area (TPSA) is 53.9 Å². The van der Waals surface area contributed by atoms with Gasteiger partial charge in [-0.15, -0.1) is 0 Å². The number of halogens is 1. The Balaban J connectivity index is 1.67. The zero-order valence-electron chi connectivity index (χ0n) is 16.5. The number of amides is 2. The van der Waals surface area contributed by atoms with Crippen molar-refractivity contribution in [2.24, 2.45) is 5.16 Å². The number of oxime groups is 1. The molecule has 2 aromatic rings. The van der Waals surface area contributed by atoms with Crippen LogP contribution < -0.4 is 5.32 Å². The molecule has 1 heterocycles. The molecule has 0 spiro atoms. The number of nitrogens with one attached hydrogen (secondary N) is 1.